The first-order valence-corrected chi connectivity index (χ1v) is 9.48. The summed E-state index contributed by atoms with van der Waals surface area (Å²) < 4.78 is 28.3. The maximum absolute atomic E-state index is 13.9. The Morgan fingerprint density at radius 2 is 1.87 bits per heavy atom. The number of hydrogen-bond donors (Lipinski definition) is 2. The first kappa shape index (κ1) is 20.5. The van der Waals surface area contributed by atoms with Gasteiger partial charge in [-0.15, -0.1) is 0 Å². The van der Waals surface area contributed by atoms with Gasteiger partial charge in [-0.25, -0.2) is 18.3 Å². The number of nitrogens with zero attached hydrogens (tertiary/aromatic N) is 2. The predicted octanol–water partition coefficient (Wildman–Crippen LogP) is 3.50. The van der Waals surface area contributed by atoms with Gasteiger partial charge in [0, 0.05) is 22.3 Å². The van der Waals surface area contributed by atoms with Crippen LogP contribution in [0.5, 0.6) is 0 Å². The molecular formula is C21H15ClF2N4O3. The molecule has 0 unspecified atom stereocenters. The molecule has 1 saturated heterocycles. The number of carbonyl (C=O) groups excluding carboxylic acids is 2. The number of benzene rings is 2. The van der Waals surface area contributed by atoms with Crippen LogP contribution in [0.15, 0.2) is 53.0 Å². The zero-order valence-electron chi connectivity index (χ0n) is 16.1. The molecule has 0 aliphatic carbocycles. The summed E-state index contributed by atoms with van der Waals surface area (Å²) in [7, 11) is 0. The van der Waals surface area contributed by atoms with Crippen LogP contribution in [-0.4, -0.2) is 26.6 Å². The van der Waals surface area contributed by atoms with Crippen LogP contribution in [0.3, 0.4) is 0 Å². The quantitative estimate of drug-likeness (QED) is 0.477. The minimum Gasteiger partial charge on any atom is -0.303 e. The molecule has 0 atom stereocenters. The van der Waals surface area contributed by atoms with Crippen molar-refractivity contribution in [2.24, 2.45) is 0 Å². The monoisotopic (exact) mass is 444 g/mol. The van der Waals surface area contributed by atoms with E-state index in [0.29, 0.717) is 22.5 Å². The Morgan fingerprint density at radius 3 is 2.58 bits per heavy atom. The van der Waals surface area contributed by atoms with Crippen LogP contribution in [0.4, 0.5) is 13.6 Å². The average molecular weight is 445 g/mol. The number of H-pyrrole nitrogens is 1. The number of urea groups is 1. The maximum Gasteiger partial charge on any atom is 0.329 e. The van der Waals surface area contributed by atoms with Crippen molar-refractivity contribution in [3.63, 3.8) is 0 Å². The number of amides is 3. The van der Waals surface area contributed by atoms with E-state index in [2.05, 4.69) is 10.4 Å². The van der Waals surface area contributed by atoms with E-state index in [1.165, 1.54) is 10.8 Å². The van der Waals surface area contributed by atoms with Gasteiger partial charge in [0.1, 0.15) is 17.3 Å². The topological polar surface area (TPSA) is 87.2 Å². The molecule has 4 rings (SSSR count). The number of carbonyl (C=O) groups is 2. The van der Waals surface area contributed by atoms with Gasteiger partial charge in [-0.05, 0) is 37.3 Å². The second kappa shape index (κ2) is 7.84. The fourth-order valence-corrected chi connectivity index (χ4v) is 3.39. The molecule has 3 amide bonds. The second-order valence-electron chi connectivity index (χ2n) is 6.89. The Balaban J connectivity index is 1.65. The van der Waals surface area contributed by atoms with Gasteiger partial charge in [-0.1, -0.05) is 23.7 Å². The van der Waals surface area contributed by atoms with Gasteiger partial charge >= 0.3 is 6.03 Å². The van der Waals surface area contributed by atoms with Crippen molar-refractivity contribution in [2.75, 3.05) is 0 Å². The fourth-order valence-electron chi connectivity index (χ4n) is 3.21. The Labute approximate surface area is 179 Å². The molecule has 0 bridgehead atoms. The van der Waals surface area contributed by atoms with E-state index in [4.69, 9.17) is 11.6 Å². The van der Waals surface area contributed by atoms with Gasteiger partial charge in [0.2, 0.25) is 0 Å². The van der Waals surface area contributed by atoms with Gasteiger partial charge < -0.3 is 5.32 Å². The summed E-state index contributed by atoms with van der Waals surface area (Å²) in [5.74, 6) is -2.37. The van der Waals surface area contributed by atoms with E-state index in [1.54, 1.807) is 31.2 Å². The third-order valence-electron chi connectivity index (χ3n) is 4.78. The molecule has 0 radical (unpaired) electrons. The molecule has 2 heterocycles. The van der Waals surface area contributed by atoms with Crippen molar-refractivity contribution in [2.45, 2.75) is 13.5 Å². The minimum absolute atomic E-state index is 0.0210. The average Bonchev–Trinajstić information content (AvgIpc) is 3.14. The molecule has 0 spiro atoms. The number of aryl methyl sites for hydroxylation is 1. The minimum atomic E-state index is -0.871. The van der Waals surface area contributed by atoms with Crippen LogP contribution < -0.4 is 10.9 Å². The Hall–Kier alpha value is -3.72. The molecule has 158 valence electrons. The lowest BCUT2D eigenvalue weighted by Crippen LogP contribution is -2.30. The summed E-state index contributed by atoms with van der Waals surface area (Å²) in [6, 6.07) is 8.72. The summed E-state index contributed by atoms with van der Waals surface area (Å²) in [6.45, 7) is 1.26. The third-order valence-corrected chi connectivity index (χ3v) is 5.01. The standard InChI is InChI=1S/C21H15ClF2N4O3/c1-11-16(19(29)28(26-11)15-4-2-3-13(22)7-15)9-18-20(30)27(21(31)25-18)10-12-5-6-14(23)8-17(12)24/h2-9,26H,10H2,1H3,(H,25,31)/b18-9-. The van der Waals surface area contributed by atoms with Gasteiger partial charge in [-0.2, -0.15) is 0 Å². The molecule has 0 saturated carbocycles. The van der Waals surface area contributed by atoms with E-state index >= 15 is 0 Å². The molecule has 2 N–H and O–H groups in total. The second-order valence-corrected chi connectivity index (χ2v) is 7.32. The van der Waals surface area contributed by atoms with Gasteiger partial charge in [0.25, 0.3) is 11.5 Å². The molecule has 31 heavy (non-hydrogen) atoms. The fraction of sp³-hybridized carbons (Fsp3) is 0.0952. The van der Waals surface area contributed by atoms with Crippen molar-refractivity contribution in [3.8, 4) is 5.69 Å². The first-order chi connectivity index (χ1) is 14.7. The largest absolute Gasteiger partial charge is 0.329 e. The highest BCUT2D eigenvalue weighted by Crippen LogP contribution is 2.20. The zero-order chi connectivity index (χ0) is 22.3. The molecule has 1 fully saturated rings. The van der Waals surface area contributed by atoms with E-state index in [-0.39, 0.29) is 23.4 Å². The molecule has 1 aliphatic rings. The molecular weight excluding hydrogens is 430 g/mol. The Kier molecular flexibility index (Phi) is 5.20. The molecule has 7 nitrogen and oxygen atoms in total. The third kappa shape index (κ3) is 3.87. The maximum atomic E-state index is 13.9. The highest BCUT2D eigenvalue weighted by Gasteiger charge is 2.34. The predicted molar refractivity (Wildman–Crippen MR) is 110 cm³/mol. The van der Waals surface area contributed by atoms with Crippen LogP contribution in [0.1, 0.15) is 16.8 Å². The zero-order valence-corrected chi connectivity index (χ0v) is 16.8. The lowest BCUT2D eigenvalue weighted by atomic mass is 10.2. The van der Waals surface area contributed by atoms with E-state index < -0.39 is 29.1 Å². The summed E-state index contributed by atoms with van der Waals surface area (Å²) in [4.78, 5) is 38.6. The van der Waals surface area contributed by atoms with Crippen molar-refractivity contribution in [1.29, 1.82) is 0 Å². The van der Waals surface area contributed by atoms with Crippen LogP contribution in [0, 0.1) is 18.6 Å². The summed E-state index contributed by atoms with van der Waals surface area (Å²) in [6.07, 6.45) is 1.26. The van der Waals surface area contributed by atoms with Gasteiger partial charge in [0.05, 0.1) is 17.8 Å². The smallest absolute Gasteiger partial charge is 0.303 e. The Bertz CT molecular complexity index is 1310. The highest BCUT2D eigenvalue weighted by molar-refractivity contribution is 6.30. The number of rotatable bonds is 4. The SMILES string of the molecule is Cc1[nH]n(-c2cccc(Cl)c2)c(=O)c1/C=C1\NC(=O)N(Cc2ccc(F)cc2F)C1=O. The van der Waals surface area contributed by atoms with E-state index in [0.717, 1.165) is 17.0 Å². The Morgan fingerprint density at radius 1 is 1.10 bits per heavy atom. The van der Waals surface area contributed by atoms with Gasteiger partial charge in [0.15, 0.2) is 0 Å². The van der Waals surface area contributed by atoms with E-state index in [9.17, 15) is 23.2 Å². The summed E-state index contributed by atoms with van der Waals surface area (Å²) >= 11 is 5.98. The van der Waals surface area contributed by atoms with Crippen LogP contribution in [0.25, 0.3) is 11.8 Å². The number of aromatic nitrogens is 2. The van der Waals surface area contributed by atoms with Crippen molar-refractivity contribution in [3.05, 3.63) is 92.0 Å². The molecule has 3 aromatic rings. The summed E-state index contributed by atoms with van der Waals surface area (Å²) in [5.41, 5.74) is 0.524. The molecule has 1 aromatic heterocycles. The highest BCUT2D eigenvalue weighted by atomic mass is 35.5. The van der Waals surface area contributed by atoms with Crippen molar-refractivity contribution in [1.82, 2.24) is 20.0 Å². The number of aromatic amines is 1. The van der Waals surface area contributed by atoms with Gasteiger partial charge in [-0.3, -0.25) is 19.6 Å². The summed E-state index contributed by atoms with van der Waals surface area (Å²) in [5, 5.41) is 5.73. The normalized spacial score (nSPS) is 15.1. The number of imide groups is 1. The number of halogens is 3. The number of nitrogens with one attached hydrogen (secondary N) is 2. The number of hydrogen-bond acceptors (Lipinski definition) is 3. The van der Waals surface area contributed by atoms with Crippen molar-refractivity contribution >= 4 is 29.6 Å². The van der Waals surface area contributed by atoms with Crippen LogP contribution >= 0.6 is 11.6 Å². The van der Waals surface area contributed by atoms with Crippen molar-refractivity contribution < 1.29 is 18.4 Å². The van der Waals surface area contributed by atoms with Crippen LogP contribution in [0.2, 0.25) is 5.02 Å². The first-order valence-electron chi connectivity index (χ1n) is 9.10. The van der Waals surface area contributed by atoms with Crippen LogP contribution in [-0.2, 0) is 11.3 Å². The molecule has 10 heteroatoms. The molecule has 2 aromatic carbocycles. The lowest BCUT2D eigenvalue weighted by Gasteiger charge is -2.12. The lowest BCUT2D eigenvalue weighted by molar-refractivity contribution is -0.123. The van der Waals surface area contributed by atoms with E-state index in [1.807, 2.05) is 0 Å². The molecule has 1 aliphatic heterocycles.